The van der Waals surface area contributed by atoms with Crippen LogP contribution in [0.4, 0.5) is 0 Å². The summed E-state index contributed by atoms with van der Waals surface area (Å²) in [5.41, 5.74) is 6.03. The molecular weight excluding hydrogens is 619 g/mol. The topological polar surface area (TPSA) is 154 Å². The number of hydrogen-bond acceptors (Lipinski definition) is 8. The van der Waals surface area contributed by atoms with Crippen molar-refractivity contribution in [1.82, 2.24) is 0 Å². The van der Waals surface area contributed by atoms with Crippen molar-refractivity contribution in [2.45, 2.75) is 33.1 Å². The Labute approximate surface area is 299 Å². The number of aliphatic carboxylic acids is 1. The Morgan fingerprint density at radius 2 is 0.980 bits per heavy atom. The summed E-state index contributed by atoms with van der Waals surface area (Å²) in [6.07, 6.45) is 0.401. The number of Topliss-reactive ketones (excluding diaryl/α,β-unsaturated/α-hetero) is 2. The van der Waals surface area contributed by atoms with Crippen molar-refractivity contribution in [2.24, 2.45) is 17.8 Å². The summed E-state index contributed by atoms with van der Waals surface area (Å²) in [6, 6.07) is 35.3. The molecule has 3 atom stereocenters. The summed E-state index contributed by atoms with van der Waals surface area (Å²) < 4.78 is 9.35. The van der Waals surface area contributed by atoms with E-state index in [9.17, 15) is 24.0 Å². The molecule has 252 valence electrons. The van der Waals surface area contributed by atoms with Gasteiger partial charge in [0, 0.05) is 19.3 Å². The van der Waals surface area contributed by atoms with E-state index in [1.807, 2.05) is 109 Å². The average Bonchev–Trinajstić information content (AvgIpc) is 3.09. The van der Waals surface area contributed by atoms with Gasteiger partial charge in [0.15, 0.2) is 5.78 Å². The van der Waals surface area contributed by atoms with Crippen LogP contribution in [0.1, 0.15) is 31.4 Å². The normalized spacial score (nSPS) is 11.8. The third-order valence-corrected chi connectivity index (χ3v) is 7.73. The van der Waals surface area contributed by atoms with E-state index in [0.717, 1.165) is 33.4 Å². The molecule has 0 spiro atoms. The molecule has 10 heteroatoms. The monoisotopic (exact) mass is 660 g/mol. The largest absolute Gasteiger partial charge is 1.00 e. The van der Waals surface area contributed by atoms with Crippen LogP contribution >= 0.6 is 0 Å². The maximum absolute atomic E-state index is 12.6. The molecule has 0 heterocycles. The van der Waals surface area contributed by atoms with Gasteiger partial charge in [-0.1, -0.05) is 123 Å². The zero-order valence-electron chi connectivity index (χ0n) is 28.5. The van der Waals surface area contributed by atoms with Crippen LogP contribution in [0.3, 0.4) is 0 Å². The molecule has 4 aromatic rings. The molecule has 0 fully saturated rings. The molecule has 9 nitrogen and oxygen atoms in total. The predicted octanol–water partition coefficient (Wildman–Crippen LogP) is 3.47. The molecule has 0 aliphatic rings. The van der Waals surface area contributed by atoms with Crippen molar-refractivity contribution in [3.8, 4) is 22.3 Å². The standard InChI is InChI=1S/C21H22O5.C18H18O3.Li.H2O/c1-14(20(23)25-2)19(21(24)26-3)18(22)13-15-9-11-17(12-10-15)16-7-5-4-6-8-16;1-13(18(20)21)11-17(19)12-14-7-9-16(10-8-14)15-5-3-2-4-6-15;;/h4-12,14,19H,13H2,1-3H3;2-10,13H,11-12H2,1H3,(H,20,21);;1H2/q;;+1;/p-1/t14-,19?;13-;;/m11../s1. The number of carboxylic acid groups (broad SMARTS) is 1. The van der Waals surface area contributed by atoms with Crippen molar-refractivity contribution in [3.63, 3.8) is 0 Å². The fraction of sp³-hybridized carbons (Fsp3) is 0.256. The summed E-state index contributed by atoms with van der Waals surface area (Å²) in [7, 11) is 2.42. The van der Waals surface area contributed by atoms with E-state index in [-0.39, 0.29) is 55.2 Å². The number of hydrogen-bond donors (Lipinski definition) is 1. The van der Waals surface area contributed by atoms with Crippen molar-refractivity contribution in [3.05, 3.63) is 120 Å². The molecule has 0 radical (unpaired) electrons. The van der Waals surface area contributed by atoms with Gasteiger partial charge >= 0.3 is 36.8 Å². The molecule has 0 amide bonds. The van der Waals surface area contributed by atoms with Crippen LogP contribution in [0.5, 0.6) is 0 Å². The van der Waals surface area contributed by atoms with Gasteiger partial charge in [0.1, 0.15) is 11.7 Å². The zero-order chi connectivity index (χ0) is 34.3. The van der Waals surface area contributed by atoms with Crippen molar-refractivity contribution < 1.29 is 62.9 Å². The third-order valence-electron chi connectivity index (χ3n) is 7.73. The Morgan fingerprint density at radius 3 is 1.37 bits per heavy atom. The van der Waals surface area contributed by atoms with Gasteiger partial charge in [-0.2, -0.15) is 0 Å². The molecule has 0 saturated heterocycles. The van der Waals surface area contributed by atoms with Crippen LogP contribution < -0.4 is 18.9 Å². The summed E-state index contributed by atoms with van der Waals surface area (Å²) in [6.45, 7) is 3.04. The Balaban J connectivity index is 0.000000480. The summed E-state index contributed by atoms with van der Waals surface area (Å²) in [5, 5.41) is 8.81. The van der Waals surface area contributed by atoms with Crippen LogP contribution in [0.15, 0.2) is 109 Å². The van der Waals surface area contributed by atoms with E-state index in [1.54, 1.807) is 6.92 Å². The molecular formula is C39H41LiO9. The van der Waals surface area contributed by atoms with Crippen molar-refractivity contribution in [1.29, 1.82) is 0 Å². The molecule has 0 aliphatic heterocycles. The SMILES string of the molecule is COC(=O)C(C(=O)Cc1ccc(-c2ccccc2)cc1)[C@@H](C)C(=O)OC.C[C@H](CC(=O)Cc1ccc(-c2ccccc2)cc1)C(=O)O.[Li+].[OH-]. The van der Waals surface area contributed by atoms with Crippen LogP contribution in [0.25, 0.3) is 22.3 Å². The number of methoxy groups -OCH3 is 2. The van der Waals surface area contributed by atoms with Crippen LogP contribution in [0.2, 0.25) is 0 Å². The first kappa shape index (κ1) is 42.2. The van der Waals surface area contributed by atoms with Crippen LogP contribution in [0, 0.1) is 17.8 Å². The minimum atomic E-state index is -1.18. The average molecular weight is 661 g/mol. The van der Waals surface area contributed by atoms with Gasteiger partial charge in [0.2, 0.25) is 0 Å². The van der Waals surface area contributed by atoms with Gasteiger partial charge < -0.3 is 20.1 Å². The number of carbonyl (C=O) groups excluding carboxylic acids is 4. The van der Waals surface area contributed by atoms with E-state index in [2.05, 4.69) is 4.74 Å². The van der Waals surface area contributed by atoms with Gasteiger partial charge in [-0.15, -0.1) is 0 Å². The minimum absolute atomic E-state index is 0. The molecule has 0 saturated carbocycles. The first-order valence-electron chi connectivity index (χ1n) is 15.3. The fourth-order valence-corrected chi connectivity index (χ4v) is 4.99. The van der Waals surface area contributed by atoms with Gasteiger partial charge in [0.05, 0.1) is 26.1 Å². The molecule has 4 aromatic carbocycles. The number of rotatable bonds is 13. The second-order valence-electron chi connectivity index (χ2n) is 11.2. The number of ether oxygens (including phenoxy) is 2. The van der Waals surface area contributed by atoms with Gasteiger partial charge in [-0.25, -0.2) is 0 Å². The number of carbonyl (C=O) groups is 5. The second-order valence-corrected chi connectivity index (χ2v) is 11.2. The van der Waals surface area contributed by atoms with Crippen LogP contribution in [-0.4, -0.2) is 54.3 Å². The summed E-state index contributed by atoms with van der Waals surface area (Å²) >= 11 is 0. The first-order valence-corrected chi connectivity index (χ1v) is 15.3. The van der Waals surface area contributed by atoms with Crippen molar-refractivity contribution >= 4 is 29.5 Å². The molecule has 0 aromatic heterocycles. The summed E-state index contributed by atoms with van der Waals surface area (Å²) in [5.74, 6) is -5.39. The van der Waals surface area contributed by atoms with E-state index < -0.39 is 35.7 Å². The Hall–Kier alpha value is -4.81. The van der Waals surface area contributed by atoms with Gasteiger partial charge in [-0.05, 0) is 33.4 Å². The quantitative estimate of drug-likeness (QED) is 0.129. The molecule has 2 N–H and O–H groups in total. The molecule has 49 heavy (non-hydrogen) atoms. The van der Waals surface area contributed by atoms with Crippen molar-refractivity contribution in [2.75, 3.05) is 14.2 Å². The van der Waals surface area contributed by atoms with E-state index in [0.29, 0.717) is 0 Å². The Kier molecular flexibility index (Phi) is 18.3. The van der Waals surface area contributed by atoms with E-state index >= 15 is 0 Å². The number of benzene rings is 4. The predicted molar refractivity (Wildman–Crippen MR) is 181 cm³/mol. The fourth-order valence-electron chi connectivity index (χ4n) is 4.99. The Morgan fingerprint density at radius 1 is 0.592 bits per heavy atom. The molecule has 4 rings (SSSR count). The van der Waals surface area contributed by atoms with Gasteiger partial charge in [0.25, 0.3) is 0 Å². The van der Waals surface area contributed by atoms with E-state index in [4.69, 9.17) is 9.84 Å². The number of esters is 2. The molecule has 1 unspecified atom stereocenters. The first-order chi connectivity index (χ1) is 22.5. The zero-order valence-corrected chi connectivity index (χ0v) is 28.5. The minimum Gasteiger partial charge on any atom is -0.870 e. The van der Waals surface area contributed by atoms with Gasteiger partial charge in [-0.3, -0.25) is 24.0 Å². The molecule has 0 aliphatic carbocycles. The third kappa shape index (κ3) is 13.0. The van der Waals surface area contributed by atoms with E-state index in [1.165, 1.54) is 21.1 Å². The summed E-state index contributed by atoms with van der Waals surface area (Å²) in [4.78, 5) is 58.9. The number of ketones is 2. The molecule has 0 bridgehead atoms. The maximum atomic E-state index is 12.6. The smallest absolute Gasteiger partial charge is 0.870 e. The second kappa shape index (κ2) is 21.2. The van der Waals surface area contributed by atoms with Crippen LogP contribution in [-0.2, 0) is 46.3 Å². The maximum Gasteiger partial charge on any atom is 1.00 e. The number of carboxylic acids is 1. The Bertz CT molecular complexity index is 1640.